The van der Waals surface area contributed by atoms with E-state index in [0.717, 1.165) is 10.3 Å². The summed E-state index contributed by atoms with van der Waals surface area (Å²) in [6.07, 6.45) is 3.35. The van der Waals surface area contributed by atoms with Gasteiger partial charge in [-0.25, -0.2) is 9.78 Å². The van der Waals surface area contributed by atoms with Crippen molar-refractivity contribution in [2.45, 2.75) is 13.1 Å². The van der Waals surface area contributed by atoms with Crippen LogP contribution in [0.5, 0.6) is 0 Å². The molecular weight excluding hydrogens is 296 g/mol. The summed E-state index contributed by atoms with van der Waals surface area (Å²) in [5, 5.41) is 3.28. The minimum absolute atomic E-state index is 0.328. The summed E-state index contributed by atoms with van der Waals surface area (Å²) < 4.78 is 4.25. The van der Waals surface area contributed by atoms with E-state index in [0.29, 0.717) is 30.8 Å². The highest BCUT2D eigenvalue weighted by Gasteiger charge is 2.13. The quantitative estimate of drug-likeness (QED) is 0.649. The molecule has 8 heteroatoms. The lowest BCUT2D eigenvalue weighted by Gasteiger charge is -2.07. The molecule has 3 heterocycles. The maximum atomic E-state index is 12.3. The van der Waals surface area contributed by atoms with Crippen molar-refractivity contribution in [1.82, 2.24) is 29.0 Å². The van der Waals surface area contributed by atoms with Crippen molar-refractivity contribution in [1.29, 1.82) is 0 Å². The SMILES string of the molecule is Cn1c(=O)c2c(ncn2CCNCc2ccccn2)n(C)c1=O. The Kier molecular flexibility index (Phi) is 4.07. The number of fused-ring (bicyclic) bond motifs is 1. The lowest BCUT2D eigenvalue weighted by atomic mass is 10.3. The maximum absolute atomic E-state index is 12.3. The van der Waals surface area contributed by atoms with Crippen molar-refractivity contribution in [2.24, 2.45) is 14.1 Å². The Morgan fingerprint density at radius 1 is 1.13 bits per heavy atom. The van der Waals surface area contributed by atoms with Crippen molar-refractivity contribution in [3.63, 3.8) is 0 Å². The minimum Gasteiger partial charge on any atom is -0.323 e. The van der Waals surface area contributed by atoms with E-state index in [1.165, 1.54) is 11.6 Å². The molecule has 0 amide bonds. The third kappa shape index (κ3) is 2.80. The van der Waals surface area contributed by atoms with Crippen LogP contribution in [0, 0.1) is 0 Å². The van der Waals surface area contributed by atoms with Crippen LogP contribution in [0.4, 0.5) is 0 Å². The summed E-state index contributed by atoms with van der Waals surface area (Å²) in [5.74, 6) is 0. The molecule has 3 aromatic rings. The number of rotatable bonds is 5. The molecule has 0 atom stereocenters. The van der Waals surface area contributed by atoms with Gasteiger partial charge in [-0.1, -0.05) is 6.07 Å². The van der Waals surface area contributed by atoms with Crippen LogP contribution in [-0.4, -0.2) is 30.2 Å². The van der Waals surface area contributed by atoms with Crippen LogP contribution >= 0.6 is 0 Å². The Labute approximate surface area is 132 Å². The first kappa shape index (κ1) is 15.2. The van der Waals surface area contributed by atoms with Crippen molar-refractivity contribution >= 4 is 11.2 Å². The Hall–Kier alpha value is -2.74. The smallest absolute Gasteiger partial charge is 0.323 e. The van der Waals surface area contributed by atoms with Gasteiger partial charge in [-0.05, 0) is 12.1 Å². The standard InChI is InChI=1S/C15H18N6O2/c1-19-13-12(14(22)20(2)15(19)23)21(10-18-13)8-7-16-9-11-5-3-4-6-17-11/h3-6,10,16H,7-9H2,1-2H3. The largest absolute Gasteiger partial charge is 0.332 e. The Bertz CT molecular complexity index is 938. The highest BCUT2D eigenvalue weighted by Crippen LogP contribution is 2.04. The van der Waals surface area contributed by atoms with E-state index in [4.69, 9.17) is 0 Å². The van der Waals surface area contributed by atoms with E-state index >= 15 is 0 Å². The van der Waals surface area contributed by atoms with Crippen LogP contribution in [-0.2, 0) is 27.2 Å². The predicted molar refractivity (Wildman–Crippen MR) is 86.2 cm³/mol. The number of aromatic nitrogens is 5. The van der Waals surface area contributed by atoms with Gasteiger partial charge in [0.05, 0.1) is 12.0 Å². The molecule has 120 valence electrons. The zero-order chi connectivity index (χ0) is 16.4. The van der Waals surface area contributed by atoms with Gasteiger partial charge in [-0.3, -0.25) is 18.9 Å². The molecule has 3 rings (SSSR count). The summed E-state index contributed by atoms with van der Waals surface area (Å²) in [6.45, 7) is 1.90. The van der Waals surface area contributed by atoms with Crippen LogP contribution in [0.3, 0.4) is 0 Å². The third-order valence-corrected chi connectivity index (χ3v) is 3.78. The highest BCUT2D eigenvalue weighted by atomic mass is 16.2. The van der Waals surface area contributed by atoms with E-state index in [9.17, 15) is 9.59 Å². The van der Waals surface area contributed by atoms with Crippen LogP contribution < -0.4 is 16.6 Å². The van der Waals surface area contributed by atoms with E-state index in [1.54, 1.807) is 24.1 Å². The first-order valence-corrected chi connectivity index (χ1v) is 7.31. The molecule has 1 N–H and O–H groups in total. The molecule has 0 radical (unpaired) electrons. The summed E-state index contributed by atoms with van der Waals surface area (Å²) in [7, 11) is 3.08. The minimum atomic E-state index is -0.374. The summed E-state index contributed by atoms with van der Waals surface area (Å²) >= 11 is 0. The monoisotopic (exact) mass is 314 g/mol. The van der Waals surface area contributed by atoms with E-state index in [1.807, 2.05) is 18.2 Å². The number of nitrogens with zero attached hydrogens (tertiary/aromatic N) is 5. The van der Waals surface area contributed by atoms with Crippen molar-refractivity contribution in [3.05, 3.63) is 57.3 Å². The average Bonchev–Trinajstić information content (AvgIpc) is 3.00. The second-order valence-corrected chi connectivity index (χ2v) is 5.31. The molecule has 0 aliphatic carbocycles. The zero-order valence-corrected chi connectivity index (χ0v) is 13.1. The van der Waals surface area contributed by atoms with E-state index in [-0.39, 0.29) is 11.2 Å². The Balaban J connectivity index is 1.77. The van der Waals surface area contributed by atoms with Crippen LogP contribution in [0.1, 0.15) is 5.69 Å². The number of pyridine rings is 1. The first-order chi connectivity index (χ1) is 11.1. The highest BCUT2D eigenvalue weighted by molar-refractivity contribution is 5.69. The van der Waals surface area contributed by atoms with Gasteiger partial charge < -0.3 is 9.88 Å². The van der Waals surface area contributed by atoms with Gasteiger partial charge in [-0.15, -0.1) is 0 Å². The molecule has 0 bridgehead atoms. The molecule has 23 heavy (non-hydrogen) atoms. The molecule has 0 unspecified atom stereocenters. The normalized spacial score (nSPS) is 11.2. The summed E-state index contributed by atoms with van der Waals surface area (Å²) in [5.41, 5.74) is 1.10. The number of nitrogens with one attached hydrogen (secondary N) is 1. The fourth-order valence-corrected chi connectivity index (χ4v) is 2.49. The Morgan fingerprint density at radius 3 is 2.70 bits per heavy atom. The van der Waals surface area contributed by atoms with Crippen molar-refractivity contribution in [2.75, 3.05) is 6.54 Å². The predicted octanol–water partition coefficient (Wildman–Crippen LogP) is -0.381. The van der Waals surface area contributed by atoms with Gasteiger partial charge in [0, 0.05) is 39.9 Å². The van der Waals surface area contributed by atoms with Gasteiger partial charge in [0.1, 0.15) is 0 Å². The van der Waals surface area contributed by atoms with Gasteiger partial charge in [0.25, 0.3) is 5.56 Å². The van der Waals surface area contributed by atoms with Gasteiger partial charge in [0.15, 0.2) is 11.2 Å². The lowest BCUT2D eigenvalue weighted by Crippen LogP contribution is -2.37. The second-order valence-electron chi connectivity index (χ2n) is 5.31. The summed E-state index contributed by atoms with van der Waals surface area (Å²) in [4.78, 5) is 32.6. The fourth-order valence-electron chi connectivity index (χ4n) is 2.49. The number of imidazole rings is 1. The topological polar surface area (TPSA) is 86.7 Å². The van der Waals surface area contributed by atoms with Gasteiger partial charge in [0.2, 0.25) is 0 Å². The molecule has 0 aliphatic heterocycles. The van der Waals surface area contributed by atoms with E-state index in [2.05, 4.69) is 15.3 Å². The van der Waals surface area contributed by atoms with Gasteiger partial charge in [-0.2, -0.15) is 0 Å². The molecule has 0 spiro atoms. The fraction of sp³-hybridized carbons (Fsp3) is 0.333. The molecule has 3 aromatic heterocycles. The molecule has 0 aromatic carbocycles. The first-order valence-electron chi connectivity index (χ1n) is 7.31. The maximum Gasteiger partial charge on any atom is 0.332 e. The second kappa shape index (κ2) is 6.17. The average molecular weight is 314 g/mol. The van der Waals surface area contributed by atoms with E-state index < -0.39 is 0 Å². The zero-order valence-electron chi connectivity index (χ0n) is 13.1. The Morgan fingerprint density at radius 2 is 1.96 bits per heavy atom. The summed E-state index contributed by atoms with van der Waals surface area (Å²) in [6, 6.07) is 5.77. The van der Waals surface area contributed by atoms with Crippen molar-refractivity contribution in [3.8, 4) is 0 Å². The lowest BCUT2D eigenvalue weighted by molar-refractivity contribution is 0.598. The number of aryl methyl sites for hydroxylation is 1. The number of hydrogen-bond donors (Lipinski definition) is 1. The van der Waals surface area contributed by atoms with Crippen LogP contribution in [0.2, 0.25) is 0 Å². The number of hydrogen-bond acceptors (Lipinski definition) is 5. The van der Waals surface area contributed by atoms with Crippen LogP contribution in [0.25, 0.3) is 11.2 Å². The molecule has 0 saturated carbocycles. The van der Waals surface area contributed by atoms with Crippen molar-refractivity contribution < 1.29 is 0 Å². The molecular formula is C15H18N6O2. The van der Waals surface area contributed by atoms with Crippen LogP contribution in [0.15, 0.2) is 40.3 Å². The molecule has 0 saturated heterocycles. The van der Waals surface area contributed by atoms with Gasteiger partial charge >= 0.3 is 5.69 Å². The molecule has 0 aliphatic rings. The molecule has 8 nitrogen and oxygen atoms in total. The molecule has 0 fully saturated rings. The third-order valence-electron chi connectivity index (χ3n) is 3.78.